The molecular formula is C14H19N3O2S2. The summed E-state index contributed by atoms with van der Waals surface area (Å²) in [6, 6.07) is 1.88. The van der Waals surface area contributed by atoms with Crippen LogP contribution in [0.2, 0.25) is 0 Å². The number of hydrogen-bond donors (Lipinski definition) is 1. The number of rotatable bonds is 6. The Balaban J connectivity index is 2.26. The summed E-state index contributed by atoms with van der Waals surface area (Å²) in [6.45, 7) is 7.12. The van der Waals surface area contributed by atoms with Gasteiger partial charge in [-0.3, -0.25) is 14.2 Å². The highest BCUT2D eigenvalue weighted by Gasteiger charge is 2.13. The van der Waals surface area contributed by atoms with Crippen LogP contribution in [0.5, 0.6) is 0 Å². The van der Waals surface area contributed by atoms with Gasteiger partial charge in [0.15, 0.2) is 5.16 Å². The minimum absolute atomic E-state index is 0.0247. The Hall–Kier alpha value is -1.34. The Labute approximate surface area is 131 Å². The van der Waals surface area contributed by atoms with Crippen molar-refractivity contribution >= 4 is 39.2 Å². The Kier molecular flexibility index (Phi) is 5.41. The van der Waals surface area contributed by atoms with Gasteiger partial charge in [-0.25, -0.2) is 4.98 Å². The zero-order valence-electron chi connectivity index (χ0n) is 12.4. The molecule has 0 fully saturated rings. The van der Waals surface area contributed by atoms with Gasteiger partial charge in [0, 0.05) is 18.0 Å². The number of nitrogens with one attached hydrogen (secondary N) is 1. The lowest BCUT2D eigenvalue weighted by molar-refractivity contribution is -0.118. The van der Waals surface area contributed by atoms with Crippen molar-refractivity contribution in [2.45, 2.75) is 38.9 Å². The summed E-state index contributed by atoms with van der Waals surface area (Å²) in [4.78, 5) is 30.5. The fourth-order valence-electron chi connectivity index (χ4n) is 1.95. The summed E-state index contributed by atoms with van der Waals surface area (Å²) >= 11 is 2.82. The van der Waals surface area contributed by atoms with E-state index in [4.69, 9.17) is 0 Å². The number of thiophene rings is 1. The third kappa shape index (κ3) is 3.65. The van der Waals surface area contributed by atoms with Crippen molar-refractivity contribution < 1.29 is 4.79 Å². The van der Waals surface area contributed by atoms with Crippen LogP contribution in [0.4, 0.5) is 0 Å². The first-order valence-corrected chi connectivity index (χ1v) is 8.77. The predicted molar refractivity (Wildman–Crippen MR) is 88.3 cm³/mol. The van der Waals surface area contributed by atoms with Crippen LogP contribution in [0.25, 0.3) is 10.2 Å². The molecule has 1 N–H and O–H groups in total. The quantitative estimate of drug-likeness (QED) is 0.654. The standard InChI is InChI=1S/C14H19N3O2S2/c1-4-6-15-11(18)8-20-14-16-12-10(7-9(3)21-12)13(19)17(14)5-2/h7H,4-6,8H2,1-3H3,(H,15,18). The molecule has 0 aliphatic rings. The Morgan fingerprint density at radius 2 is 2.24 bits per heavy atom. The van der Waals surface area contributed by atoms with Gasteiger partial charge in [0.1, 0.15) is 4.83 Å². The average molecular weight is 325 g/mol. The fourth-order valence-corrected chi connectivity index (χ4v) is 3.77. The fraction of sp³-hybridized carbons (Fsp3) is 0.500. The minimum atomic E-state index is -0.0267. The summed E-state index contributed by atoms with van der Waals surface area (Å²) in [6.07, 6.45) is 0.911. The van der Waals surface area contributed by atoms with Crippen molar-refractivity contribution in [1.29, 1.82) is 0 Å². The monoisotopic (exact) mass is 325 g/mol. The molecule has 0 atom stereocenters. The van der Waals surface area contributed by atoms with Crippen molar-refractivity contribution in [2.24, 2.45) is 0 Å². The van der Waals surface area contributed by atoms with E-state index in [0.717, 1.165) is 16.1 Å². The number of hydrogen-bond acceptors (Lipinski definition) is 5. The first-order chi connectivity index (χ1) is 10.1. The first kappa shape index (κ1) is 16.0. The van der Waals surface area contributed by atoms with Gasteiger partial charge in [0.2, 0.25) is 5.91 Å². The second-order valence-electron chi connectivity index (χ2n) is 4.66. The molecule has 5 nitrogen and oxygen atoms in total. The normalized spacial score (nSPS) is 11.0. The lowest BCUT2D eigenvalue weighted by Crippen LogP contribution is -2.27. The molecule has 0 aliphatic carbocycles. The maximum atomic E-state index is 12.4. The van der Waals surface area contributed by atoms with Crippen molar-refractivity contribution in [3.05, 3.63) is 21.3 Å². The largest absolute Gasteiger partial charge is 0.355 e. The first-order valence-electron chi connectivity index (χ1n) is 6.97. The summed E-state index contributed by atoms with van der Waals surface area (Å²) in [5.41, 5.74) is -0.0247. The van der Waals surface area contributed by atoms with Gasteiger partial charge in [-0.15, -0.1) is 11.3 Å². The molecule has 2 aromatic heterocycles. The lowest BCUT2D eigenvalue weighted by atomic mass is 10.4. The van der Waals surface area contributed by atoms with Crippen LogP contribution in [0, 0.1) is 6.92 Å². The number of amides is 1. The molecule has 0 radical (unpaired) electrons. The molecule has 114 valence electrons. The zero-order valence-corrected chi connectivity index (χ0v) is 14.1. The summed E-state index contributed by atoms with van der Waals surface area (Å²) in [5, 5.41) is 4.10. The molecule has 2 aromatic rings. The SMILES string of the molecule is CCCNC(=O)CSc1nc2sc(C)cc2c(=O)n1CC. The van der Waals surface area contributed by atoms with Crippen LogP contribution >= 0.6 is 23.1 Å². The van der Waals surface area contributed by atoms with E-state index in [-0.39, 0.29) is 17.2 Å². The third-order valence-electron chi connectivity index (χ3n) is 2.96. The molecule has 0 bridgehead atoms. The molecule has 0 unspecified atom stereocenters. The molecule has 2 rings (SSSR count). The molecule has 0 saturated heterocycles. The molecule has 0 aromatic carbocycles. The van der Waals surface area contributed by atoms with Gasteiger partial charge in [0.25, 0.3) is 5.56 Å². The number of aryl methyl sites for hydroxylation is 1. The Bertz CT molecular complexity index is 706. The second-order valence-corrected chi connectivity index (χ2v) is 6.84. The van der Waals surface area contributed by atoms with E-state index in [1.165, 1.54) is 23.1 Å². The van der Waals surface area contributed by atoms with Crippen molar-refractivity contribution in [3.8, 4) is 0 Å². The van der Waals surface area contributed by atoms with E-state index in [1.807, 2.05) is 26.8 Å². The van der Waals surface area contributed by atoms with E-state index in [1.54, 1.807) is 4.57 Å². The topological polar surface area (TPSA) is 64.0 Å². The maximum Gasteiger partial charge on any atom is 0.262 e. The van der Waals surface area contributed by atoms with Gasteiger partial charge in [0.05, 0.1) is 11.1 Å². The number of nitrogens with zero attached hydrogens (tertiary/aromatic N) is 2. The van der Waals surface area contributed by atoms with Gasteiger partial charge in [-0.2, -0.15) is 0 Å². The van der Waals surface area contributed by atoms with Crippen LogP contribution in [0.15, 0.2) is 16.0 Å². The molecule has 7 heteroatoms. The molecule has 0 spiro atoms. The zero-order chi connectivity index (χ0) is 15.4. The van der Waals surface area contributed by atoms with Crippen LogP contribution in [-0.2, 0) is 11.3 Å². The van der Waals surface area contributed by atoms with E-state index in [0.29, 0.717) is 23.6 Å². The number of aromatic nitrogens is 2. The van der Waals surface area contributed by atoms with Gasteiger partial charge < -0.3 is 5.32 Å². The summed E-state index contributed by atoms with van der Waals surface area (Å²) in [5.74, 6) is 0.253. The van der Waals surface area contributed by atoms with E-state index >= 15 is 0 Å². The molecule has 0 aliphatic heterocycles. The molecule has 0 saturated carbocycles. The van der Waals surface area contributed by atoms with Crippen molar-refractivity contribution in [2.75, 3.05) is 12.3 Å². The van der Waals surface area contributed by atoms with E-state index in [9.17, 15) is 9.59 Å². The number of carbonyl (C=O) groups is 1. The molecular weight excluding hydrogens is 306 g/mol. The van der Waals surface area contributed by atoms with Gasteiger partial charge in [-0.1, -0.05) is 18.7 Å². The molecule has 1 amide bonds. The smallest absolute Gasteiger partial charge is 0.262 e. The number of fused-ring (bicyclic) bond motifs is 1. The van der Waals surface area contributed by atoms with E-state index < -0.39 is 0 Å². The lowest BCUT2D eigenvalue weighted by Gasteiger charge is -2.09. The van der Waals surface area contributed by atoms with Crippen molar-refractivity contribution in [1.82, 2.24) is 14.9 Å². The minimum Gasteiger partial charge on any atom is -0.355 e. The maximum absolute atomic E-state index is 12.4. The highest BCUT2D eigenvalue weighted by molar-refractivity contribution is 7.99. The van der Waals surface area contributed by atoms with Gasteiger partial charge in [-0.05, 0) is 26.3 Å². The van der Waals surface area contributed by atoms with Crippen LogP contribution in [-0.4, -0.2) is 27.8 Å². The average Bonchev–Trinajstić information content (AvgIpc) is 2.83. The Morgan fingerprint density at radius 1 is 1.48 bits per heavy atom. The molecule has 2 heterocycles. The predicted octanol–water partition coefficient (Wildman–Crippen LogP) is 2.40. The molecule has 21 heavy (non-hydrogen) atoms. The number of thioether (sulfide) groups is 1. The van der Waals surface area contributed by atoms with Crippen LogP contribution in [0.3, 0.4) is 0 Å². The highest BCUT2D eigenvalue weighted by Crippen LogP contribution is 2.24. The summed E-state index contributed by atoms with van der Waals surface area (Å²) in [7, 11) is 0. The number of carbonyl (C=O) groups excluding carboxylic acids is 1. The van der Waals surface area contributed by atoms with Crippen LogP contribution in [0.1, 0.15) is 25.1 Å². The second kappa shape index (κ2) is 7.09. The highest BCUT2D eigenvalue weighted by atomic mass is 32.2. The Morgan fingerprint density at radius 3 is 2.90 bits per heavy atom. The van der Waals surface area contributed by atoms with Crippen molar-refractivity contribution in [3.63, 3.8) is 0 Å². The van der Waals surface area contributed by atoms with Crippen LogP contribution < -0.4 is 10.9 Å². The van der Waals surface area contributed by atoms with E-state index in [2.05, 4.69) is 10.3 Å². The third-order valence-corrected chi connectivity index (χ3v) is 4.88. The van der Waals surface area contributed by atoms with Gasteiger partial charge >= 0.3 is 0 Å². The summed E-state index contributed by atoms with van der Waals surface area (Å²) < 4.78 is 1.63.